The van der Waals surface area contributed by atoms with E-state index in [1.807, 2.05) is 12.1 Å². The van der Waals surface area contributed by atoms with Crippen LogP contribution in [0.5, 0.6) is 0 Å². The van der Waals surface area contributed by atoms with E-state index in [2.05, 4.69) is 76.9 Å². The summed E-state index contributed by atoms with van der Waals surface area (Å²) in [5.74, 6) is -0.194. The zero-order valence-electron chi connectivity index (χ0n) is 19.3. The maximum absolute atomic E-state index is 13.3. The molecule has 0 bridgehead atoms. The van der Waals surface area contributed by atoms with E-state index in [1.54, 1.807) is 11.3 Å². The monoisotopic (exact) mass is 482 g/mol. The molecule has 0 spiro atoms. The lowest BCUT2D eigenvalue weighted by Gasteiger charge is -2.42. The largest absolute Gasteiger partial charge is 0.369 e. The van der Waals surface area contributed by atoms with Gasteiger partial charge in [0.05, 0.1) is 6.04 Å². The van der Waals surface area contributed by atoms with E-state index in [1.165, 1.54) is 28.1 Å². The summed E-state index contributed by atoms with van der Waals surface area (Å²) in [5, 5.41) is 9.70. The molecule has 0 unspecified atom stereocenters. The number of hydrogen-bond acceptors (Lipinski definition) is 4. The van der Waals surface area contributed by atoms with Gasteiger partial charge in [-0.15, -0.1) is 11.3 Å². The molecule has 0 saturated carbocycles. The molecule has 2 N–H and O–H groups in total. The molecule has 1 aliphatic rings. The van der Waals surface area contributed by atoms with Gasteiger partial charge in [0.15, 0.2) is 5.11 Å². The Hall–Kier alpha value is -2.48. The van der Waals surface area contributed by atoms with Crippen LogP contribution >= 0.6 is 23.6 Å². The van der Waals surface area contributed by atoms with Crippen molar-refractivity contribution >= 4 is 40.0 Å². The Balaban J connectivity index is 1.42. The van der Waals surface area contributed by atoms with Crippen LogP contribution in [0, 0.1) is 19.7 Å². The highest BCUT2D eigenvalue weighted by atomic mass is 32.1. The van der Waals surface area contributed by atoms with Gasteiger partial charge in [-0.25, -0.2) is 4.39 Å². The van der Waals surface area contributed by atoms with Crippen LogP contribution in [0.2, 0.25) is 0 Å². The van der Waals surface area contributed by atoms with Crippen molar-refractivity contribution in [2.45, 2.75) is 32.9 Å². The normalized spacial score (nSPS) is 16.3. The Morgan fingerprint density at radius 1 is 1.03 bits per heavy atom. The minimum absolute atomic E-state index is 0.131. The molecular formula is C26H31FN4S2. The van der Waals surface area contributed by atoms with Gasteiger partial charge in [0.2, 0.25) is 0 Å². The minimum atomic E-state index is -0.194. The maximum Gasteiger partial charge on any atom is 0.171 e. The Morgan fingerprint density at radius 2 is 1.76 bits per heavy atom. The van der Waals surface area contributed by atoms with Gasteiger partial charge in [0, 0.05) is 48.5 Å². The van der Waals surface area contributed by atoms with Crippen LogP contribution in [-0.2, 0) is 0 Å². The van der Waals surface area contributed by atoms with Crippen LogP contribution < -0.4 is 15.5 Å². The number of piperazine rings is 1. The summed E-state index contributed by atoms with van der Waals surface area (Å²) in [6, 6.07) is 17.8. The average Bonchev–Trinajstić information content (AvgIpc) is 3.32. The van der Waals surface area contributed by atoms with Crippen molar-refractivity contribution in [3.05, 3.63) is 81.8 Å². The third-order valence-corrected chi connectivity index (χ3v) is 7.37. The van der Waals surface area contributed by atoms with Crippen LogP contribution in [0.25, 0.3) is 0 Å². The highest BCUT2D eigenvalue weighted by Gasteiger charge is 2.30. The van der Waals surface area contributed by atoms with E-state index >= 15 is 0 Å². The number of nitrogens with one attached hydrogen (secondary N) is 2. The number of nitrogens with zero attached hydrogens (tertiary/aromatic N) is 2. The fourth-order valence-electron chi connectivity index (χ4n) is 4.43. The molecule has 2 aromatic carbocycles. The van der Waals surface area contributed by atoms with Crippen LogP contribution in [0.15, 0.2) is 60.0 Å². The molecule has 1 aliphatic heterocycles. The summed E-state index contributed by atoms with van der Waals surface area (Å²) < 4.78 is 13.3. The zero-order chi connectivity index (χ0) is 23.4. The highest BCUT2D eigenvalue weighted by Crippen LogP contribution is 2.30. The fraction of sp³-hybridized carbons (Fsp3) is 0.346. The number of anilines is 2. The molecule has 0 aliphatic carbocycles. The first kappa shape index (κ1) is 23.7. The molecular weight excluding hydrogens is 451 g/mol. The first-order valence-electron chi connectivity index (χ1n) is 11.3. The number of rotatable bonds is 6. The van der Waals surface area contributed by atoms with Crippen molar-refractivity contribution in [3.63, 3.8) is 0 Å². The van der Waals surface area contributed by atoms with Crippen LogP contribution in [0.3, 0.4) is 0 Å². The predicted molar refractivity (Wildman–Crippen MR) is 142 cm³/mol. The summed E-state index contributed by atoms with van der Waals surface area (Å²) >= 11 is 7.47. The van der Waals surface area contributed by atoms with Crippen LogP contribution in [0.1, 0.15) is 29.0 Å². The van der Waals surface area contributed by atoms with Crippen LogP contribution in [-0.4, -0.2) is 42.2 Å². The van der Waals surface area contributed by atoms with E-state index < -0.39 is 0 Å². The minimum Gasteiger partial charge on any atom is -0.369 e. The topological polar surface area (TPSA) is 30.5 Å². The van der Waals surface area contributed by atoms with E-state index in [9.17, 15) is 4.39 Å². The first-order chi connectivity index (χ1) is 15.9. The van der Waals surface area contributed by atoms with Gasteiger partial charge < -0.3 is 15.5 Å². The summed E-state index contributed by atoms with van der Waals surface area (Å²) in [4.78, 5) is 6.19. The third-order valence-electron chi connectivity index (χ3n) is 6.21. The van der Waals surface area contributed by atoms with E-state index in [4.69, 9.17) is 12.2 Å². The van der Waals surface area contributed by atoms with Crippen molar-refractivity contribution < 1.29 is 4.39 Å². The molecule has 1 fully saturated rings. The first-order valence-corrected chi connectivity index (χ1v) is 12.6. The van der Waals surface area contributed by atoms with Gasteiger partial charge in [0.1, 0.15) is 5.82 Å². The lowest BCUT2D eigenvalue weighted by atomic mass is 10.0. The van der Waals surface area contributed by atoms with Gasteiger partial charge in [-0.2, -0.15) is 0 Å². The Kier molecular flexibility index (Phi) is 7.63. The van der Waals surface area contributed by atoms with Crippen molar-refractivity contribution in [2.75, 3.05) is 36.4 Å². The molecule has 33 heavy (non-hydrogen) atoms. The molecule has 4 nitrogen and oxygen atoms in total. The van der Waals surface area contributed by atoms with E-state index in [0.717, 1.165) is 37.6 Å². The fourth-order valence-corrected chi connectivity index (χ4v) is 5.69. The van der Waals surface area contributed by atoms with Crippen molar-refractivity contribution in [1.82, 2.24) is 10.2 Å². The second-order valence-corrected chi connectivity index (χ2v) is 10.1. The average molecular weight is 483 g/mol. The lowest BCUT2D eigenvalue weighted by molar-refractivity contribution is 0.163. The lowest BCUT2D eigenvalue weighted by Crippen LogP contribution is -2.52. The molecule has 7 heteroatoms. The number of thiocarbonyl (C=S) groups is 1. The summed E-state index contributed by atoms with van der Waals surface area (Å²) in [7, 11) is 0. The summed E-state index contributed by atoms with van der Waals surface area (Å²) in [5.41, 5.74) is 4.49. The Labute approximate surface area is 205 Å². The summed E-state index contributed by atoms with van der Waals surface area (Å²) in [6.07, 6.45) is 0. The second-order valence-electron chi connectivity index (χ2n) is 8.67. The summed E-state index contributed by atoms with van der Waals surface area (Å²) in [6.45, 7) is 10.1. The molecule has 4 rings (SSSR count). The van der Waals surface area contributed by atoms with Gasteiger partial charge in [-0.1, -0.05) is 18.2 Å². The smallest absolute Gasteiger partial charge is 0.171 e. The van der Waals surface area contributed by atoms with Gasteiger partial charge >= 0.3 is 0 Å². The van der Waals surface area contributed by atoms with E-state index in [0.29, 0.717) is 5.11 Å². The number of thiophene rings is 1. The zero-order valence-corrected chi connectivity index (χ0v) is 21.0. The standard InChI is InChI=1S/C26H31FN4S2/c1-18-6-7-19(2)23(17-18)29-26(32)28-20(3)25(24-5-4-16-33-24)31-14-12-30(13-15-31)22-10-8-21(27)9-11-22/h4-11,16-17,20,25H,12-15H2,1-3H3,(H2,28,29,32)/t20-,25-/m1/s1. The molecule has 0 radical (unpaired) electrons. The van der Waals surface area contributed by atoms with Crippen molar-refractivity contribution in [2.24, 2.45) is 0 Å². The van der Waals surface area contributed by atoms with Crippen LogP contribution in [0.4, 0.5) is 15.8 Å². The van der Waals surface area contributed by atoms with Crippen molar-refractivity contribution in [3.8, 4) is 0 Å². The van der Waals surface area contributed by atoms with Gasteiger partial charge in [0.25, 0.3) is 0 Å². The Morgan fingerprint density at radius 3 is 2.42 bits per heavy atom. The molecule has 0 amide bonds. The molecule has 2 atom stereocenters. The second kappa shape index (κ2) is 10.6. The van der Waals surface area contributed by atoms with Gasteiger partial charge in [-0.3, -0.25) is 4.90 Å². The molecule has 2 heterocycles. The predicted octanol–water partition coefficient (Wildman–Crippen LogP) is 5.74. The maximum atomic E-state index is 13.3. The molecule has 1 saturated heterocycles. The van der Waals surface area contributed by atoms with E-state index in [-0.39, 0.29) is 17.9 Å². The quantitative estimate of drug-likeness (QED) is 0.438. The van der Waals surface area contributed by atoms with Crippen molar-refractivity contribution in [1.29, 1.82) is 0 Å². The van der Waals surface area contributed by atoms with Gasteiger partial charge in [-0.05, 0) is 85.9 Å². The molecule has 1 aromatic heterocycles. The SMILES string of the molecule is Cc1ccc(C)c(NC(=S)N[C@H](C)[C@H](c2cccs2)N2CCN(c3ccc(F)cc3)CC2)c1. The Bertz CT molecular complexity index is 1060. The highest BCUT2D eigenvalue weighted by molar-refractivity contribution is 7.80. The third kappa shape index (κ3) is 5.91. The number of hydrogen-bond donors (Lipinski definition) is 2. The molecule has 3 aromatic rings. The number of halogens is 1. The number of benzene rings is 2. The number of aryl methyl sites for hydroxylation is 2. The molecule has 174 valence electrons.